The summed E-state index contributed by atoms with van der Waals surface area (Å²) in [7, 11) is 6.04. The number of aromatic nitrogens is 2. The van der Waals surface area contributed by atoms with Crippen molar-refractivity contribution < 1.29 is 4.74 Å². The number of likely N-dealkylation sites (N-methyl/N-ethyl adjacent to an activating group) is 1. The molecule has 2 atom stereocenters. The molecule has 0 aliphatic carbocycles. The minimum Gasteiger partial charge on any atom is -0.380 e. The van der Waals surface area contributed by atoms with Crippen molar-refractivity contribution in [2.75, 3.05) is 63.7 Å². The van der Waals surface area contributed by atoms with Gasteiger partial charge in [0.15, 0.2) is 0 Å². The van der Waals surface area contributed by atoms with Gasteiger partial charge in [0.25, 0.3) is 0 Å². The van der Waals surface area contributed by atoms with Crippen LogP contribution < -0.4 is 15.5 Å². The van der Waals surface area contributed by atoms with Crippen molar-refractivity contribution in [3.63, 3.8) is 0 Å². The van der Waals surface area contributed by atoms with E-state index in [-0.39, 0.29) is 11.5 Å². The molecule has 7 nitrogen and oxygen atoms in total. The lowest BCUT2D eigenvalue weighted by Crippen LogP contribution is -2.49. The van der Waals surface area contributed by atoms with Crippen molar-refractivity contribution in [1.29, 1.82) is 0 Å². The van der Waals surface area contributed by atoms with Crippen LogP contribution in [-0.4, -0.2) is 80.9 Å². The van der Waals surface area contributed by atoms with Crippen LogP contribution in [0.1, 0.15) is 26.7 Å². The SMILES string of the molecule is CO[C@H]1C[C@@H](CN(C)C)N(c2cc(N3CC(CC(C)(C)CN)C3)ncn2)C1. The Bertz CT molecular complexity index is 616. The number of anilines is 2. The zero-order valence-corrected chi connectivity index (χ0v) is 17.6. The van der Waals surface area contributed by atoms with E-state index in [1.807, 2.05) is 0 Å². The van der Waals surface area contributed by atoms with Crippen molar-refractivity contribution in [3.8, 4) is 0 Å². The van der Waals surface area contributed by atoms with E-state index < -0.39 is 0 Å². The van der Waals surface area contributed by atoms with Gasteiger partial charge >= 0.3 is 0 Å². The first-order valence-corrected chi connectivity index (χ1v) is 10.0. The Balaban J connectivity index is 1.65. The van der Waals surface area contributed by atoms with E-state index in [9.17, 15) is 0 Å². The molecule has 152 valence electrons. The van der Waals surface area contributed by atoms with Crippen LogP contribution in [0.3, 0.4) is 0 Å². The maximum atomic E-state index is 5.89. The molecular formula is C20H36N6O. The Morgan fingerprint density at radius 2 is 1.93 bits per heavy atom. The molecule has 0 saturated carbocycles. The second-order valence-corrected chi connectivity index (χ2v) is 9.24. The Hall–Kier alpha value is -1.44. The molecule has 27 heavy (non-hydrogen) atoms. The van der Waals surface area contributed by atoms with Crippen molar-refractivity contribution in [2.45, 2.75) is 38.8 Å². The van der Waals surface area contributed by atoms with E-state index in [2.05, 4.69) is 58.7 Å². The second-order valence-electron chi connectivity index (χ2n) is 9.24. The monoisotopic (exact) mass is 376 g/mol. The maximum absolute atomic E-state index is 5.89. The van der Waals surface area contributed by atoms with Crippen molar-refractivity contribution in [2.24, 2.45) is 17.1 Å². The molecule has 2 aliphatic heterocycles. The topological polar surface area (TPSA) is 70.8 Å². The van der Waals surface area contributed by atoms with Crippen LogP contribution in [0.15, 0.2) is 12.4 Å². The normalized spacial score (nSPS) is 24.0. The summed E-state index contributed by atoms with van der Waals surface area (Å²) in [5.41, 5.74) is 6.11. The van der Waals surface area contributed by atoms with Gasteiger partial charge in [-0.3, -0.25) is 0 Å². The van der Waals surface area contributed by atoms with Gasteiger partial charge in [0.2, 0.25) is 0 Å². The molecule has 0 unspecified atom stereocenters. The molecule has 0 spiro atoms. The number of methoxy groups -OCH3 is 1. The third-order valence-corrected chi connectivity index (χ3v) is 5.89. The summed E-state index contributed by atoms with van der Waals surface area (Å²) in [5.74, 6) is 2.75. The van der Waals surface area contributed by atoms with Gasteiger partial charge in [-0.2, -0.15) is 0 Å². The molecule has 2 fully saturated rings. The number of rotatable bonds is 8. The predicted molar refractivity (Wildman–Crippen MR) is 110 cm³/mol. The summed E-state index contributed by atoms with van der Waals surface area (Å²) >= 11 is 0. The number of nitrogens with zero attached hydrogens (tertiary/aromatic N) is 5. The molecule has 0 bridgehead atoms. The van der Waals surface area contributed by atoms with Crippen molar-refractivity contribution in [3.05, 3.63) is 12.4 Å². The van der Waals surface area contributed by atoms with Gasteiger partial charge < -0.3 is 25.2 Å². The zero-order valence-electron chi connectivity index (χ0n) is 17.6. The largest absolute Gasteiger partial charge is 0.380 e. The summed E-state index contributed by atoms with van der Waals surface area (Å²) in [6, 6.07) is 2.56. The Kier molecular flexibility index (Phi) is 6.23. The van der Waals surface area contributed by atoms with E-state index in [1.165, 1.54) is 6.42 Å². The minimum atomic E-state index is 0.220. The van der Waals surface area contributed by atoms with Crippen LogP contribution in [0, 0.1) is 11.3 Å². The Labute approximate surface area is 163 Å². The molecule has 7 heteroatoms. The highest BCUT2D eigenvalue weighted by Gasteiger charge is 2.35. The standard InChI is InChI=1S/C20H36N6O/c1-20(2,13-21)8-15-9-25(10-15)18-7-19(23-14-22-18)26-12-17(27-5)6-16(26)11-24(3)4/h7,14-17H,6,8-13,21H2,1-5H3/t16-,17-/m0/s1. The molecule has 3 heterocycles. The lowest BCUT2D eigenvalue weighted by molar-refractivity contribution is 0.117. The highest BCUT2D eigenvalue weighted by Crippen LogP contribution is 2.34. The van der Waals surface area contributed by atoms with Gasteiger partial charge in [0.05, 0.1) is 6.10 Å². The summed E-state index contributed by atoms with van der Waals surface area (Å²) < 4.78 is 5.63. The maximum Gasteiger partial charge on any atom is 0.134 e. The average molecular weight is 377 g/mol. The summed E-state index contributed by atoms with van der Waals surface area (Å²) in [5, 5.41) is 0. The number of nitrogens with two attached hydrogens (primary N) is 1. The molecule has 0 aromatic carbocycles. The van der Waals surface area contributed by atoms with Crippen molar-refractivity contribution >= 4 is 11.6 Å². The fourth-order valence-corrected chi connectivity index (χ4v) is 4.34. The molecule has 2 N–H and O–H groups in total. The molecule has 3 rings (SSSR count). The summed E-state index contributed by atoms with van der Waals surface area (Å²) in [6.45, 7) is 9.25. The third kappa shape index (κ3) is 4.89. The summed E-state index contributed by atoms with van der Waals surface area (Å²) in [6.07, 6.45) is 4.17. The van der Waals surface area contributed by atoms with Crippen LogP contribution in [-0.2, 0) is 4.74 Å². The van der Waals surface area contributed by atoms with Crippen LogP contribution in [0.25, 0.3) is 0 Å². The predicted octanol–water partition coefficient (Wildman–Crippen LogP) is 1.44. The third-order valence-electron chi connectivity index (χ3n) is 5.89. The average Bonchev–Trinajstić information content (AvgIpc) is 3.00. The van der Waals surface area contributed by atoms with E-state index in [0.717, 1.165) is 50.8 Å². The van der Waals surface area contributed by atoms with Gasteiger partial charge in [0.1, 0.15) is 18.0 Å². The van der Waals surface area contributed by atoms with Crippen LogP contribution in [0.5, 0.6) is 0 Å². The first-order chi connectivity index (χ1) is 12.8. The van der Waals surface area contributed by atoms with Gasteiger partial charge in [0, 0.05) is 45.4 Å². The molecular weight excluding hydrogens is 340 g/mol. The lowest BCUT2D eigenvalue weighted by Gasteiger charge is -2.43. The second kappa shape index (κ2) is 8.29. The number of hydrogen-bond acceptors (Lipinski definition) is 7. The van der Waals surface area contributed by atoms with Gasteiger partial charge in [-0.15, -0.1) is 0 Å². The first kappa shape index (κ1) is 20.3. The molecule has 0 radical (unpaired) electrons. The number of hydrogen-bond donors (Lipinski definition) is 1. The van der Waals surface area contributed by atoms with E-state index in [0.29, 0.717) is 12.0 Å². The smallest absolute Gasteiger partial charge is 0.134 e. The Morgan fingerprint density at radius 1 is 1.22 bits per heavy atom. The molecule has 1 aromatic rings. The minimum absolute atomic E-state index is 0.220. The van der Waals surface area contributed by atoms with Crippen LogP contribution in [0.4, 0.5) is 11.6 Å². The van der Waals surface area contributed by atoms with Crippen LogP contribution in [0.2, 0.25) is 0 Å². The number of ether oxygens (including phenoxy) is 1. The zero-order chi connectivity index (χ0) is 19.6. The van der Waals surface area contributed by atoms with Gasteiger partial charge in [-0.25, -0.2) is 9.97 Å². The lowest BCUT2D eigenvalue weighted by atomic mass is 9.80. The fraction of sp³-hybridized carbons (Fsp3) is 0.800. The van der Waals surface area contributed by atoms with E-state index in [1.54, 1.807) is 13.4 Å². The molecule has 0 amide bonds. The highest BCUT2D eigenvalue weighted by atomic mass is 16.5. The quantitative estimate of drug-likeness (QED) is 0.736. The first-order valence-electron chi connectivity index (χ1n) is 10.0. The van der Waals surface area contributed by atoms with Gasteiger partial charge in [-0.1, -0.05) is 13.8 Å². The van der Waals surface area contributed by atoms with E-state index in [4.69, 9.17) is 10.5 Å². The molecule has 1 aromatic heterocycles. The van der Waals surface area contributed by atoms with Crippen molar-refractivity contribution in [1.82, 2.24) is 14.9 Å². The van der Waals surface area contributed by atoms with Gasteiger partial charge in [-0.05, 0) is 44.8 Å². The van der Waals surface area contributed by atoms with E-state index >= 15 is 0 Å². The molecule has 2 aliphatic rings. The highest BCUT2D eigenvalue weighted by molar-refractivity contribution is 5.53. The molecule has 2 saturated heterocycles. The van der Waals surface area contributed by atoms with Crippen LogP contribution >= 0.6 is 0 Å². The fourth-order valence-electron chi connectivity index (χ4n) is 4.34. The summed E-state index contributed by atoms with van der Waals surface area (Å²) in [4.78, 5) is 16.1. The Morgan fingerprint density at radius 3 is 2.56 bits per heavy atom.